The predicted octanol–water partition coefficient (Wildman–Crippen LogP) is 5.45. The van der Waals surface area contributed by atoms with E-state index in [4.69, 9.17) is 16.3 Å². The number of ether oxygens (including phenoxy) is 1. The Kier molecular flexibility index (Phi) is 7.76. The maximum atomic E-state index is 12.4. The normalized spacial score (nSPS) is 10.8. The van der Waals surface area contributed by atoms with Gasteiger partial charge in [-0.1, -0.05) is 42.8 Å². The van der Waals surface area contributed by atoms with E-state index in [1.165, 1.54) is 11.8 Å². The summed E-state index contributed by atoms with van der Waals surface area (Å²) in [6.07, 6.45) is 2.05. The molecule has 1 N–H and O–H groups in total. The molecule has 0 aliphatic heterocycles. The van der Waals surface area contributed by atoms with Gasteiger partial charge >= 0.3 is 0 Å². The summed E-state index contributed by atoms with van der Waals surface area (Å²) in [6.45, 7) is 4.89. The molecule has 1 aromatic heterocycles. The summed E-state index contributed by atoms with van der Waals surface area (Å²) in [4.78, 5) is 12.4. The minimum atomic E-state index is -0.137. The SMILES string of the molecule is CCCCn1c(SCC(=O)Nc2ccc(C)cc2Cl)nnc1-c1ccc(OC)cc1. The molecule has 0 saturated carbocycles. The minimum Gasteiger partial charge on any atom is -0.497 e. The second-order valence-corrected chi connectivity index (χ2v) is 8.21. The largest absolute Gasteiger partial charge is 0.497 e. The lowest BCUT2D eigenvalue weighted by Gasteiger charge is -2.11. The van der Waals surface area contributed by atoms with Crippen LogP contribution in [-0.4, -0.2) is 33.5 Å². The number of thioether (sulfide) groups is 1. The number of amides is 1. The van der Waals surface area contributed by atoms with E-state index in [2.05, 4.69) is 27.0 Å². The van der Waals surface area contributed by atoms with E-state index >= 15 is 0 Å². The number of carbonyl (C=O) groups is 1. The Morgan fingerprint density at radius 2 is 1.97 bits per heavy atom. The molecular formula is C22H25ClN4O2S. The third-order valence-electron chi connectivity index (χ3n) is 4.53. The Morgan fingerprint density at radius 3 is 2.63 bits per heavy atom. The molecule has 6 nitrogen and oxygen atoms in total. The van der Waals surface area contributed by atoms with Crippen molar-refractivity contribution in [3.05, 3.63) is 53.1 Å². The predicted molar refractivity (Wildman–Crippen MR) is 122 cm³/mol. The Hall–Kier alpha value is -2.51. The lowest BCUT2D eigenvalue weighted by atomic mass is 10.2. The van der Waals surface area contributed by atoms with E-state index < -0.39 is 0 Å². The molecule has 30 heavy (non-hydrogen) atoms. The van der Waals surface area contributed by atoms with Crippen molar-refractivity contribution < 1.29 is 9.53 Å². The van der Waals surface area contributed by atoms with E-state index in [9.17, 15) is 4.79 Å². The number of hydrogen-bond acceptors (Lipinski definition) is 5. The van der Waals surface area contributed by atoms with Crippen molar-refractivity contribution in [2.24, 2.45) is 0 Å². The molecule has 8 heteroatoms. The molecule has 0 radical (unpaired) electrons. The summed E-state index contributed by atoms with van der Waals surface area (Å²) < 4.78 is 7.30. The highest BCUT2D eigenvalue weighted by atomic mass is 35.5. The number of nitrogens with zero attached hydrogens (tertiary/aromatic N) is 3. The number of hydrogen-bond donors (Lipinski definition) is 1. The quantitative estimate of drug-likeness (QED) is 0.444. The van der Waals surface area contributed by atoms with Crippen molar-refractivity contribution in [1.82, 2.24) is 14.8 Å². The first kappa shape index (κ1) is 22.2. The maximum absolute atomic E-state index is 12.4. The van der Waals surface area contributed by atoms with Crippen molar-refractivity contribution in [2.45, 2.75) is 38.4 Å². The standard InChI is InChI=1S/C22H25ClN4O2S/c1-4-5-12-27-21(16-7-9-17(29-3)10-8-16)25-26-22(27)30-14-20(28)24-19-11-6-15(2)13-18(19)23/h6-11,13H,4-5,12,14H2,1-3H3,(H,24,28). The molecular weight excluding hydrogens is 420 g/mol. The van der Waals surface area contributed by atoms with Gasteiger partial charge in [-0.05, 0) is 55.3 Å². The molecule has 1 heterocycles. The van der Waals surface area contributed by atoms with Crippen LogP contribution in [0.3, 0.4) is 0 Å². The number of aromatic nitrogens is 3. The molecule has 1 amide bonds. The summed E-state index contributed by atoms with van der Waals surface area (Å²) in [5.41, 5.74) is 2.61. The van der Waals surface area contributed by atoms with Gasteiger partial charge in [0.25, 0.3) is 0 Å². The van der Waals surface area contributed by atoms with Crippen LogP contribution >= 0.6 is 23.4 Å². The van der Waals surface area contributed by atoms with E-state index in [1.807, 2.05) is 49.4 Å². The Bertz CT molecular complexity index is 1000. The van der Waals surface area contributed by atoms with Crippen molar-refractivity contribution in [1.29, 1.82) is 0 Å². The first-order chi connectivity index (χ1) is 14.5. The van der Waals surface area contributed by atoms with Gasteiger partial charge in [-0.25, -0.2) is 0 Å². The fourth-order valence-electron chi connectivity index (χ4n) is 2.90. The zero-order chi connectivity index (χ0) is 21.5. The Labute approximate surface area is 186 Å². The number of carbonyl (C=O) groups excluding carboxylic acids is 1. The first-order valence-electron chi connectivity index (χ1n) is 9.78. The molecule has 0 aliphatic carbocycles. The van der Waals surface area contributed by atoms with Gasteiger partial charge < -0.3 is 14.6 Å². The first-order valence-corrected chi connectivity index (χ1v) is 11.1. The Balaban J connectivity index is 1.73. The second kappa shape index (κ2) is 10.5. The second-order valence-electron chi connectivity index (χ2n) is 6.86. The van der Waals surface area contributed by atoms with Crippen molar-refractivity contribution in [3.63, 3.8) is 0 Å². The van der Waals surface area contributed by atoms with E-state index in [0.717, 1.165) is 47.2 Å². The number of nitrogens with one attached hydrogen (secondary N) is 1. The van der Waals surface area contributed by atoms with Crippen LogP contribution in [0, 0.1) is 6.92 Å². The summed E-state index contributed by atoms with van der Waals surface area (Å²) >= 11 is 7.58. The highest BCUT2D eigenvalue weighted by Crippen LogP contribution is 2.27. The lowest BCUT2D eigenvalue weighted by Crippen LogP contribution is -2.15. The average Bonchev–Trinajstić information content (AvgIpc) is 3.15. The topological polar surface area (TPSA) is 69.0 Å². The number of rotatable bonds is 9. The van der Waals surface area contributed by atoms with Crippen LogP contribution in [0.15, 0.2) is 47.6 Å². The van der Waals surface area contributed by atoms with E-state index in [1.54, 1.807) is 7.11 Å². The number of benzene rings is 2. The van der Waals surface area contributed by atoms with Gasteiger partial charge in [0.15, 0.2) is 11.0 Å². The fourth-order valence-corrected chi connectivity index (χ4v) is 3.95. The summed E-state index contributed by atoms with van der Waals surface area (Å²) in [7, 11) is 1.64. The van der Waals surface area contributed by atoms with Crippen LogP contribution in [0.1, 0.15) is 25.3 Å². The van der Waals surface area contributed by atoms with Gasteiger partial charge in [-0.2, -0.15) is 0 Å². The monoisotopic (exact) mass is 444 g/mol. The van der Waals surface area contributed by atoms with Gasteiger partial charge in [0.2, 0.25) is 5.91 Å². The summed E-state index contributed by atoms with van der Waals surface area (Å²) in [5, 5.41) is 12.8. The maximum Gasteiger partial charge on any atom is 0.234 e. The van der Waals surface area contributed by atoms with Crippen LogP contribution in [0.5, 0.6) is 5.75 Å². The zero-order valence-electron chi connectivity index (χ0n) is 17.3. The van der Waals surface area contributed by atoms with Crippen molar-refractivity contribution in [3.8, 4) is 17.1 Å². The number of methoxy groups -OCH3 is 1. The lowest BCUT2D eigenvalue weighted by molar-refractivity contribution is -0.113. The van der Waals surface area contributed by atoms with Crippen LogP contribution < -0.4 is 10.1 Å². The number of halogens is 1. The summed E-state index contributed by atoms with van der Waals surface area (Å²) in [5.74, 6) is 1.66. The van der Waals surface area contributed by atoms with Gasteiger partial charge in [0, 0.05) is 12.1 Å². The number of aryl methyl sites for hydroxylation is 1. The van der Waals surface area contributed by atoms with Crippen molar-refractivity contribution in [2.75, 3.05) is 18.2 Å². The molecule has 0 unspecified atom stereocenters. The van der Waals surface area contributed by atoms with Gasteiger partial charge in [-0.3, -0.25) is 4.79 Å². The van der Waals surface area contributed by atoms with Crippen LogP contribution in [-0.2, 0) is 11.3 Å². The van der Waals surface area contributed by atoms with Gasteiger partial charge in [0.1, 0.15) is 5.75 Å². The molecule has 158 valence electrons. The molecule has 3 aromatic rings. The molecule has 0 fully saturated rings. The van der Waals surface area contributed by atoms with Crippen LogP contribution in [0.4, 0.5) is 5.69 Å². The van der Waals surface area contributed by atoms with E-state index in [0.29, 0.717) is 10.7 Å². The van der Waals surface area contributed by atoms with Gasteiger partial charge in [0.05, 0.1) is 23.6 Å². The third-order valence-corrected chi connectivity index (χ3v) is 5.81. The highest BCUT2D eigenvalue weighted by molar-refractivity contribution is 7.99. The molecule has 3 rings (SSSR count). The fraction of sp³-hybridized carbons (Fsp3) is 0.318. The van der Waals surface area contributed by atoms with Crippen LogP contribution in [0.25, 0.3) is 11.4 Å². The molecule has 0 spiro atoms. The summed E-state index contributed by atoms with van der Waals surface area (Å²) in [6, 6.07) is 13.3. The molecule has 0 bridgehead atoms. The minimum absolute atomic E-state index is 0.137. The van der Waals surface area contributed by atoms with E-state index in [-0.39, 0.29) is 11.7 Å². The molecule has 0 aliphatic rings. The number of unbranched alkanes of at least 4 members (excludes halogenated alkanes) is 1. The number of anilines is 1. The molecule has 2 aromatic carbocycles. The molecule has 0 atom stereocenters. The average molecular weight is 445 g/mol. The molecule has 0 saturated heterocycles. The van der Waals surface area contributed by atoms with Crippen molar-refractivity contribution >= 4 is 35.0 Å². The highest BCUT2D eigenvalue weighted by Gasteiger charge is 2.16. The third kappa shape index (κ3) is 5.55. The zero-order valence-corrected chi connectivity index (χ0v) is 18.9. The smallest absolute Gasteiger partial charge is 0.234 e. The Morgan fingerprint density at radius 1 is 1.20 bits per heavy atom. The van der Waals surface area contributed by atoms with Crippen LogP contribution in [0.2, 0.25) is 5.02 Å². The van der Waals surface area contributed by atoms with Gasteiger partial charge in [-0.15, -0.1) is 10.2 Å².